The van der Waals surface area contributed by atoms with Gasteiger partial charge in [-0.1, -0.05) is 42.8 Å². The monoisotopic (exact) mass is 235 g/mol. The van der Waals surface area contributed by atoms with E-state index in [9.17, 15) is 4.79 Å². The molecule has 0 amide bonds. The average molecular weight is 235 g/mol. The minimum atomic E-state index is -0.394. The topological polar surface area (TPSA) is 38.7 Å². The van der Waals surface area contributed by atoms with E-state index < -0.39 is 5.97 Å². The van der Waals surface area contributed by atoms with Gasteiger partial charge in [0.2, 0.25) is 0 Å². The van der Waals surface area contributed by atoms with Crippen LogP contribution in [0.25, 0.3) is 0 Å². The van der Waals surface area contributed by atoms with Gasteiger partial charge in [0, 0.05) is 12.3 Å². The Kier molecular flexibility index (Phi) is 5.13. The fourth-order valence-electron chi connectivity index (χ4n) is 1.71. The molecule has 0 aliphatic heterocycles. The highest BCUT2D eigenvalue weighted by Crippen LogP contribution is 2.24. The lowest BCUT2D eigenvalue weighted by molar-refractivity contribution is -0.140. The van der Waals surface area contributed by atoms with Crippen molar-refractivity contribution in [2.24, 2.45) is 10.6 Å². The lowest BCUT2D eigenvalue weighted by atomic mass is 9.95. The van der Waals surface area contributed by atoms with Gasteiger partial charge in [0.25, 0.3) is 0 Å². The van der Waals surface area contributed by atoms with Gasteiger partial charge in [-0.15, -0.1) is 0 Å². The summed E-state index contributed by atoms with van der Waals surface area (Å²) in [5.41, 5.74) is 1.32. The molecule has 0 saturated heterocycles. The van der Waals surface area contributed by atoms with E-state index in [4.69, 9.17) is 0 Å². The molecule has 0 N–H and O–H groups in total. The van der Waals surface area contributed by atoms with Gasteiger partial charge >= 0.3 is 5.97 Å². The Morgan fingerprint density at radius 2 is 2.00 bits per heavy atom. The molecule has 1 aliphatic carbocycles. The van der Waals surface area contributed by atoms with Crippen LogP contribution in [0.3, 0.4) is 0 Å². The third-order valence-corrected chi connectivity index (χ3v) is 2.67. The van der Waals surface area contributed by atoms with Gasteiger partial charge in [0.1, 0.15) is 0 Å². The number of rotatable bonds is 4. The molecule has 0 aromatic carbocycles. The molecule has 17 heavy (non-hydrogen) atoms. The third kappa shape index (κ3) is 6.05. The first-order valence-corrected chi connectivity index (χ1v) is 6.09. The Bertz CT molecular complexity index is 343. The molecule has 0 atom stereocenters. The Morgan fingerprint density at radius 1 is 1.35 bits per heavy atom. The lowest BCUT2D eigenvalue weighted by Gasteiger charge is -2.11. The van der Waals surface area contributed by atoms with Crippen molar-refractivity contribution < 1.29 is 9.63 Å². The summed E-state index contributed by atoms with van der Waals surface area (Å²) >= 11 is 0. The summed E-state index contributed by atoms with van der Waals surface area (Å²) < 4.78 is 0. The molecule has 0 radical (unpaired) electrons. The largest absolute Gasteiger partial charge is 0.331 e. The predicted molar refractivity (Wildman–Crippen MR) is 69.7 cm³/mol. The van der Waals surface area contributed by atoms with Crippen LogP contribution in [0.1, 0.15) is 46.5 Å². The second kappa shape index (κ2) is 6.38. The highest BCUT2D eigenvalue weighted by Gasteiger charge is 2.10. The van der Waals surface area contributed by atoms with Crippen molar-refractivity contribution in [3.05, 3.63) is 23.8 Å². The second-order valence-corrected chi connectivity index (χ2v) is 5.03. The molecule has 3 heteroatoms. The predicted octanol–water partition coefficient (Wildman–Crippen LogP) is 3.62. The van der Waals surface area contributed by atoms with Crippen LogP contribution < -0.4 is 0 Å². The first-order chi connectivity index (χ1) is 7.99. The number of hydrogen-bond donors (Lipinski definition) is 0. The zero-order valence-electron chi connectivity index (χ0n) is 10.9. The molecule has 0 heterocycles. The number of nitrogens with zero attached hydrogens (tertiary/aromatic N) is 1. The number of carbonyl (C=O) groups is 1. The standard InChI is InChI=1S/C14H21NO2/c1-12(16)17-15-11-14(2,3)10-6-9-13-7-4-5-8-13/h6,9-11H,4-5,7-8H2,1-3H3/b10-6+,15-11+. The van der Waals surface area contributed by atoms with Gasteiger partial charge in [-0.25, -0.2) is 4.79 Å². The summed E-state index contributed by atoms with van der Waals surface area (Å²) in [7, 11) is 0. The first kappa shape index (κ1) is 13.7. The van der Waals surface area contributed by atoms with Gasteiger partial charge in [-0.2, -0.15) is 0 Å². The van der Waals surface area contributed by atoms with Crippen molar-refractivity contribution >= 4 is 12.2 Å². The van der Waals surface area contributed by atoms with Crippen LogP contribution in [-0.4, -0.2) is 12.2 Å². The summed E-state index contributed by atoms with van der Waals surface area (Å²) in [6.45, 7) is 5.37. The van der Waals surface area contributed by atoms with E-state index >= 15 is 0 Å². The van der Waals surface area contributed by atoms with Crippen molar-refractivity contribution in [1.29, 1.82) is 0 Å². The van der Waals surface area contributed by atoms with E-state index in [-0.39, 0.29) is 5.41 Å². The lowest BCUT2D eigenvalue weighted by Crippen LogP contribution is -2.09. The Hall–Kier alpha value is -1.38. The minimum Gasteiger partial charge on any atom is -0.319 e. The van der Waals surface area contributed by atoms with E-state index in [1.54, 1.807) is 6.21 Å². The van der Waals surface area contributed by atoms with Crippen LogP contribution in [0.5, 0.6) is 0 Å². The molecule has 94 valence electrons. The minimum absolute atomic E-state index is 0.203. The Balaban J connectivity index is 2.47. The quantitative estimate of drug-likeness (QED) is 0.424. The van der Waals surface area contributed by atoms with Crippen molar-refractivity contribution in [1.82, 2.24) is 0 Å². The second-order valence-electron chi connectivity index (χ2n) is 5.03. The smallest absolute Gasteiger partial charge is 0.319 e. The van der Waals surface area contributed by atoms with Crippen molar-refractivity contribution in [2.45, 2.75) is 46.5 Å². The van der Waals surface area contributed by atoms with E-state index in [0.29, 0.717) is 0 Å². The fraction of sp³-hybridized carbons (Fsp3) is 0.571. The maximum atomic E-state index is 10.6. The van der Waals surface area contributed by atoms with E-state index in [0.717, 1.165) is 0 Å². The van der Waals surface area contributed by atoms with Gasteiger partial charge in [0.15, 0.2) is 0 Å². The van der Waals surface area contributed by atoms with Gasteiger partial charge < -0.3 is 4.84 Å². The van der Waals surface area contributed by atoms with Crippen LogP contribution in [0.2, 0.25) is 0 Å². The summed E-state index contributed by atoms with van der Waals surface area (Å²) in [5, 5.41) is 3.65. The van der Waals surface area contributed by atoms with Gasteiger partial charge in [0.05, 0.1) is 6.21 Å². The molecule has 1 aliphatic rings. The summed E-state index contributed by atoms with van der Waals surface area (Å²) in [5.74, 6) is -0.394. The van der Waals surface area contributed by atoms with Crippen molar-refractivity contribution in [3.63, 3.8) is 0 Å². The van der Waals surface area contributed by atoms with E-state index in [1.807, 2.05) is 13.8 Å². The highest BCUT2D eigenvalue weighted by atomic mass is 16.7. The number of oxime groups is 1. The summed E-state index contributed by atoms with van der Waals surface area (Å²) in [6, 6.07) is 0. The summed E-state index contributed by atoms with van der Waals surface area (Å²) in [6.07, 6.45) is 13.0. The molecule has 0 aromatic heterocycles. The zero-order valence-corrected chi connectivity index (χ0v) is 10.9. The SMILES string of the molecule is CC(=O)O/N=C/C(C)(C)/C=C/C=C1CCCC1. The summed E-state index contributed by atoms with van der Waals surface area (Å²) in [4.78, 5) is 15.1. The molecule has 3 nitrogen and oxygen atoms in total. The van der Waals surface area contributed by atoms with Crippen LogP contribution in [-0.2, 0) is 9.63 Å². The fourth-order valence-corrected chi connectivity index (χ4v) is 1.71. The van der Waals surface area contributed by atoms with Crippen molar-refractivity contribution in [3.8, 4) is 0 Å². The van der Waals surface area contributed by atoms with Gasteiger partial charge in [-0.3, -0.25) is 0 Å². The molecule has 0 spiro atoms. The molecule has 0 unspecified atom stereocenters. The van der Waals surface area contributed by atoms with Crippen LogP contribution in [0.15, 0.2) is 29.0 Å². The van der Waals surface area contributed by atoms with Crippen molar-refractivity contribution in [2.75, 3.05) is 0 Å². The maximum absolute atomic E-state index is 10.6. The normalized spacial score (nSPS) is 17.0. The molecule has 1 fully saturated rings. The molecule has 1 rings (SSSR count). The van der Waals surface area contributed by atoms with Crippen LogP contribution >= 0.6 is 0 Å². The van der Waals surface area contributed by atoms with Crippen LogP contribution in [0.4, 0.5) is 0 Å². The molecular formula is C14H21NO2. The third-order valence-electron chi connectivity index (χ3n) is 2.67. The maximum Gasteiger partial charge on any atom is 0.331 e. The van der Waals surface area contributed by atoms with E-state index in [1.165, 1.54) is 38.2 Å². The Morgan fingerprint density at radius 3 is 2.59 bits per heavy atom. The highest BCUT2D eigenvalue weighted by molar-refractivity contribution is 5.70. The molecule has 0 bridgehead atoms. The zero-order chi connectivity index (χ0) is 12.7. The molecular weight excluding hydrogens is 214 g/mol. The Labute approximate surface area is 103 Å². The van der Waals surface area contributed by atoms with Crippen LogP contribution in [0, 0.1) is 5.41 Å². The van der Waals surface area contributed by atoms with Gasteiger partial charge in [-0.05, 0) is 25.7 Å². The average Bonchev–Trinajstić information content (AvgIpc) is 2.69. The first-order valence-electron chi connectivity index (χ1n) is 6.09. The molecule has 1 saturated carbocycles. The number of allylic oxidation sites excluding steroid dienone is 4. The molecule has 0 aromatic rings. The number of carbonyl (C=O) groups excluding carboxylic acids is 1. The number of hydrogen-bond acceptors (Lipinski definition) is 3. The van der Waals surface area contributed by atoms with E-state index in [2.05, 4.69) is 28.2 Å².